The van der Waals surface area contributed by atoms with Crippen molar-refractivity contribution in [3.63, 3.8) is 0 Å². The molecule has 2 aromatic rings. The molecule has 1 N–H and O–H groups in total. The zero-order chi connectivity index (χ0) is 21.5. The van der Waals surface area contributed by atoms with Crippen LogP contribution in [0.2, 0.25) is 0 Å². The van der Waals surface area contributed by atoms with Crippen LogP contribution in [0.4, 0.5) is 0 Å². The molecule has 8 heteroatoms. The lowest BCUT2D eigenvalue weighted by Gasteiger charge is -2.19. The van der Waals surface area contributed by atoms with Crippen molar-refractivity contribution in [3.8, 4) is 11.5 Å². The van der Waals surface area contributed by atoms with Gasteiger partial charge in [0.15, 0.2) is 5.17 Å². The van der Waals surface area contributed by atoms with E-state index in [2.05, 4.69) is 10.4 Å². The third-order valence-corrected chi connectivity index (χ3v) is 5.36. The van der Waals surface area contributed by atoms with E-state index in [4.69, 9.17) is 9.47 Å². The van der Waals surface area contributed by atoms with E-state index in [9.17, 15) is 9.59 Å². The van der Waals surface area contributed by atoms with Crippen LogP contribution in [0.15, 0.2) is 53.6 Å². The van der Waals surface area contributed by atoms with Crippen LogP contribution >= 0.6 is 11.8 Å². The van der Waals surface area contributed by atoms with Gasteiger partial charge in [-0.1, -0.05) is 41.6 Å². The summed E-state index contributed by atoms with van der Waals surface area (Å²) in [5.74, 6) is 1.19. The molecule has 30 heavy (non-hydrogen) atoms. The van der Waals surface area contributed by atoms with Crippen molar-refractivity contribution in [2.45, 2.75) is 32.6 Å². The molecule has 0 aliphatic carbocycles. The van der Waals surface area contributed by atoms with Gasteiger partial charge in [0.1, 0.15) is 16.9 Å². The van der Waals surface area contributed by atoms with Gasteiger partial charge in [0, 0.05) is 20.3 Å². The second-order valence-electron chi connectivity index (χ2n) is 6.85. The molecule has 3 rings (SSSR count). The monoisotopic (exact) mass is 427 g/mol. The molecule has 0 fully saturated rings. The quantitative estimate of drug-likeness (QED) is 0.679. The fraction of sp³-hybridized carbons (Fsp3) is 0.318. The minimum atomic E-state index is -0.318. The van der Waals surface area contributed by atoms with Gasteiger partial charge in [-0.3, -0.25) is 9.59 Å². The number of hydrogen-bond acceptors (Lipinski definition) is 6. The lowest BCUT2D eigenvalue weighted by molar-refractivity contribution is -0.129. The van der Waals surface area contributed by atoms with Gasteiger partial charge in [-0.2, -0.15) is 0 Å². The average Bonchev–Trinajstić information content (AvgIpc) is 3.13. The molecule has 1 aliphatic rings. The highest BCUT2D eigenvalue weighted by Gasteiger charge is 2.32. The molecule has 1 heterocycles. The molecular formula is C22H25N3O4S. The zero-order valence-corrected chi connectivity index (χ0v) is 18.1. The number of carbonyl (C=O) groups is 2. The molecule has 0 bridgehead atoms. The molecule has 0 saturated heterocycles. The number of carbonyl (C=O) groups excluding carboxylic acids is 2. The molecule has 0 saturated carbocycles. The van der Waals surface area contributed by atoms with E-state index in [1.54, 1.807) is 0 Å². The van der Waals surface area contributed by atoms with Gasteiger partial charge in [0.25, 0.3) is 0 Å². The highest BCUT2D eigenvalue weighted by atomic mass is 32.2. The fourth-order valence-corrected chi connectivity index (χ4v) is 3.92. The number of rotatable bonds is 7. The molecule has 0 radical (unpaired) electrons. The van der Waals surface area contributed by atoms with E-state index < -0.39 is 0 Å². The SMILES string of the molecule is CC(=O)NC1=NN(C(C)=O)C(c2ccc(OCCCOc3ccc(C)cc3)cc2)S1. The van der Waals surface area contributed by atoms with Crippen molar-refractivity contribution in [1.82, 2.24) is 10.3 Å². The number of nitrogens with zero attached hydrogens (tertiary/aromatic N) is 2. The maximum Gasteiger partial charge on any atom is 0.241 e. The minimum absolute atomic E-state index is 0.193. The van der Waals surface area contributed by atoms with Crippen LogP contribution in [0.5, 0.6) is 11.5 Å². The molecule has 1 aliphatic heterocycles. The smallest absolute Gasteiger partial charge is 0.241 e. The van der Waals surface area contributed by atoms with Crippen LogP contribution in [0, 0.1) is 6.92 Å². The Morgan fingerprint density at radius 3 is 2.10 bits per heavy atom. The van der Waals surface area contributed by atoms with E-state index in [1.165, 1.54) is 36.2 Å². The number of benzene rings is 2. The number of amidine groups is 1. The molecule has 0 spiro atoms. The predicted octanol–water partition coefficient (Wildman–Crippen LogP) is 3.84. The summed E-state index contributed by atoms with van der Waals surface area (Å²) in [6.45, 7) is 6.02. The number of ether oxygens (including phenoxy) is 2. The highest BCUT2D eigenvalue weighted by Crippen LogP contribution is 2.39. The number of hydrogen-bond donors (Lipinski definition) is 1. The number of amides is 2. The van der Waals surface area contributed by atoms with Crippen molar-refractivity contribution >= 4 is 28.7 Å². The maximum absolute atomic E-state index is 11.9. The lowest BCUT2D eigenvalue weighted by atomic mass is 10.2. The highest BCUT2D eigenvalue weighted by molar-refractivity contribution is 8.14. The molecule has 0 aromatic heterocycles. The molecular weight excluding hydrogens is 402 g/mol. The van der Waals surface area contributed by atoms with Gasteiger partial charge in [0.2, 0.25) is 11.8 Å². The summed E-state index contributed by atoms with van der Waals surface area (Å²) < 4.78 is 11.5. The Kier molecular flexibility index (Phi) is 7.35. The van der Waals surface area contributed by atoms with Gasteiger partial charge >= 0.3 is 0 Å². The van der Waals surface area contributed by atoms with Crippen LogP contribution in [0.25, 0.3) is 0 Å². The Morgan fingerprint density at radius 1 is 1.00 bits per heavy atom. The van der Waals surface area contributed by atoms with Crippen molar-refractivity contribution < 1.29 is 19.1 Å². The summed E-state index contributed by atoms with van der Waals surface area (Å²) in [5.41, 5.74) is 2.10. The van der Waals surface area contributed by atoms with E-state index in [0.29, 0.717) is 18.4 Å². The molecule has 2 amide bonds. The van der Waals surface area contributed by atoms with Gasteiger partial charge < -0.3 is 14.8 Å². The van der Waals surface area contributed by atoms with E-state index in [1.807, 2.05) is 55.5 Å². The number of nitrogens with one attached hydrogen (secondary N) is 1. The summed E-state index contributed by atoms with van der Waals surface area (Å²) in [6.07, 6.45) is 0.764. The van der Waals surface area contributed by atoms with Gasteiger partial charge in [-0.15, -0.1) is 5.10 Å². The van der Waals surface area contributed by atoms with Crippen LogP contribution in [0.3, 0.4) is 0 Å². The summed E-state index contributed by atoms with van der Waals surface area (Å²) >= 11 is 1.32. The standard InChI is InChI=1S/C22H25N3O4S/c1-15-5-9-19(10-6-15)28-13-4-14-29-20-11-7-18(8-12-20)21-25(17(3)27)24-22(30-21)23-16(2)26/h5-12,21H,4,13-14H2,1-3H3,(H,23,24,26). The van der Waals surface area contributed by atoms with E-state index >= 15 is 0 Å². The van der Waals surface area contributed by atoms with Crippen LogP contribution in [-0.2, 0) is 9.59 Å². The van der Waals surface area contributed by atoms with Crippen molar-refractivity contribution in [2.24, 2.45) is 5.10 Å². The summed E-state index contributed by atoms with van der Waals surface area (Å²) in [7, 11) is 0. The Bertz CT molecular complexity index is 913. The fourth-order valence-electron chi connectivity index (χ4n) is 2.78. The maximum atomic E-state index is 11.9. The van der Waals surface area contributed by atoms with Crippen molar-refractivity contribution in [3.05, 3.63) is 59.7 Å². The number of aryl methyl sites for hydroxylation is 1. The Hall–Kier alpha value is -3.00. The van der Waals surface area contributed by atoms with E-state index in [0.717, 1.165) is 23.5 Å². The zero-order valence-electron chi connectivity index (χ0n) is 17.3. The van der Waals surface area contributed by atoms with Gasteiger partial charge in [-0.05, 0) is 36.8 Å². The Morgan fingerprint density at radius 2 is 1.57 bits per heavy atom. The molecule has 1 unspecified atom stereocenters. The number of thioether (sulfide) groups is 1. The summed E-state index contributed by atoms with van der Waals surface area (Å²) in [6, 6.07) is 15.5. The average molecular weight is 428 g/mol. The Labute approximate surface area is 180 Å². The molecule has 158 valence electrons. The topological polar surface area (TPSA) is 80.2 Å². The van der Waals surface area contributed by atoms with Crippen molar-refractivity contribution in [1.29, 1.82) is 0 Å². The largest absolute Gasteiger partial charge is 0.493 e. The van der Waals surface area contributed by atoms with Gasteiger partial charge in [-0.25, -0.2) is 5.01 Å². The van der Waals surface area contributed by atoms with Crippen LogP contribution < -0.4 is 14.8 Å². The minimum Gasteiger partial charge on any atom is -0.493 e. The van der Waals surface area contributed by atoms with Crippen molar-refractivity contribution in [2.75, 3.05) is 13.2 Å². The third kappa shape index (κ3) is 6.00. The van der Waals surface area contributed by atoms with E-state index in [-0.39, 0.29) is 17.2 Å². The molecule has 7 nitrogen and oxygen atoms in total. The first-order valence-electron chi connectivity index (χ1n) is 9.67. The first-order valence-corrected chi connectivity index (χ1v) is 10.6. The second kappa shape index (κ2) is 10.2. The number of hydrazone groups is 1. The second-order valence-corrected chi connectivity index (χ2v) is 7.92. The van der Waals surface area contributed by atoms with Crippen LogP contribution in [-0.4, -0.2) is 35.2 Å². The first kappa shape index (κ1) is 21.7. The predicted molar refractivity (Wildman–Crippen MR) is 117 cm³/mol. The summed E-state index contributed by atoms with van der Waals surface area (Å²) in [5, 5.41) is 8.29. The Balaban J connectivity index is 1.48. The van der Waals surface area contributed by atoms with Crippen LogP contribution in [0.1, 0.15) is 36.8 Å². The molecule has 1 atom stereocenters. The third-order valence-electron chi connectivity index (χ3n) is 4.26. The summed E-state index contributed by atoms with van der Waals surface area (Å²) in [4.78, 5) is 23.2. The molecule has 2 aromatic carbocycles. The van der Waals surface area contributed by atoms with Gasteiger partial charge in [0.05, 0.1) is 13.2 Å². The normalized spacial score (nSPS) is 15.5. The lowest BCUT2D eigenvalue weighted by Crippen LogP contribution is -2.25. The first-order chi connectivity index (χ1) is 14.4.